The number of allylic oxidation sites excluding steroid dienone is 2. The molecule has 0 aliphatic rings. The standard InChI is InChI=1S/C35H36N10O6/c1-6-22-28(50-18(4)38-22)32(48)42-34-40-24-15-20(30(36)46)10-11-26(24)44(34)12-8-9-13-45-27-17(3)14-21(31(37)47)16-25(27)41-35(45)43-33(49)29-23(7-2)39-19(5)51-29/h8-11,14-16H,6-7,12-13H2,1-5H3,(H2,36,46)(H2,37,47)(H,40,42,48)(H,41,43,49). The first-order valence-corrected chi connectivity index (χ1v) is 16.2. The van der Waals surface area contributed by atoms with Crippen LogP contribution in [0.3, 0.4) is 0 Å². The van der Waals surface area contributed by atoms with Gasteiger partial charge in [-0.2, -0.15) is 0 Å². The van der Waals surface area contributed by atoms with Crippen LogP contribution in [0.25, 0.3) is 22.1 Å². The van der Waals surface area contributed by atoms with Gasteiger partial charge in [0.25, 0.3) is 11.8 Å². The second kappa shape index (κ2) is 13.7. The fourth-order valence-corrected chi connectivity index (χ4v) is 5.91. The summed E-state index contributed by atoms with van der Waals surface area (Å²) in [5, 5.41) is 5.67. The predicted molar refractivity (Wildman–Crippen MR) is 188 cm³/mol. The lowest BCUT2D eigenvalue weighted by atomic mass is 10.1. The van der Waals surface area contributed by atoms with Crippen LogP contribution in [-0.4, -0.2) is 52.7 Å². The minimum atomic E-state index is -0.611. The van der Waals surface area contributed by atoms with Crippen molar-refractivity contribution in [2.75, 3.05) is 10.6 Å². The number of nitrogens with zero attached hydrogens (tertiary/aromatic N) is 6. The molecule has 6 rings (SSSR count). The average molecular weight is 693 g/mol. The quantitative estimate of drug-likeness (QED) is 0.132. The Morgan fingerprint density at radius 3 is 1.76 bits per heavy atom. The molecular formula is C35H36N10O6. The van der Waals surface area contributed by atoms with Crippen LogP contribution in [-0.2, 0) is 25.9 Å². The Bertz CT molecular complexity index is 2390. The van der Waals surface area contributed by atoms with Crippen molar-refractivity contribution in [3.05, 3.63) is 93.9 Å². The number of oxazole rings is 2. The second-order valence-corrected chi connectivity index (χ2v) is 11.8. The van der Waals surface area contributed by atoms with Crippen LogP contribution in [0.15, 0.2) is 51.3 Å². The highest BCUT2D eigenvalue weighted by atomic mass is 16.4. The Labute approximate surface area is 290 Å². The van der Waals surface area contributed by atoms with Gasteiger partial charge in [0.05, 0.1) is 33.5 Å². The Hall–Kier alpha value is -6.58. The number of amides is 4. The van der Waals surface area contributed by atoms with Gasteiger partial charge >= 0.3 is 0 Å². The van der Waals surface area contributed by atoms with Gasteiger partial charge in [-0.1, -0.05) is 26.0 Å². The Morgan fingerprint density at radius 2 is 1.22 bits per heavy atom. The smallest absolute Gasteiger partial charge is 0.295 e. The molecule has 0 radical (unpaired) electrons. The summed E-state index contributed by atoms with van der Waals surface area (Å²) in [7, 11) is 0. The molecule has 4 amide bonds. The van der Waals surface area contributed by atoms with E-state index >= 15 is 0 Å². The maximum Gasteiger partial charge on any atom is 0.295 e. The fraction of sp³-hybridized carbons (Fsp3) is 0.257. The number of carbonyl (C=O) groups is 4. The number of benzene rings is 2. The minimum Gasteiger partial charge on any atom is -0.436 e. The zero-order valence-corrected chi connectivity index (χ0v) is 28.7. The van der Waals surface area contributed by atoms with Gasteiger partial charge in [0.1, 0.15) is 0 Å². The SMILES string of the molecule is CCc1nc(C)oc1C(=O)Nc1nc2cc(C(N)=O)ccc2n1CC=CCn1c(NC(=O)c2oc(C)nc2CC)nc2cc(C(N)=O)cc(C)c21. The monoisotopic (exact) mass is 692 g/mol. The van der Waals surface area contributed by atoms with Gasteiger partial charge in [-0.05, 0) is 55.7 Å². The number of rotatable bonds is 12. The molecule has 16 nitrogen and oxygen atoms in total. The van der Waals surface area contributed by atoms with Gasteiger partial charge in [0.2, 0.25) is 35.2 Å². The van der Waals surface area contributed by atoms with Gasteiger partial charge in [-0.3, -0.25) is 29.8 Å². The lowest BCUT2D eigenvalue weighted by molar-refractivity contribution is 0.0985. The van der Waals surface area contributed by atoms with E-state index in [-0.39, 0.29) is 47.6 Å². The highest BCUT2D eigenvalue weighted by Crippen LogP contribution is 2.27. The molecule has 4 heterocycles. The van der Waals surface area contributed by atoms with E-state index in [0.29, 0.717) is 58.1 Å². The molecule has 262 valence electrons. The van der Waals surface area contributed by atoms with Crippen LogP contribution in [0.4, 0.5) is 11.9 Å². The van der Waals surface area contributed by atoms with Crippen LogP contribution >= 0.6 is 0 Å². The van der Waals surface area contributed by atoms with Crippen molar-refractivity contribution in [3.63, 3.8) is 0 Å². The van der Waals surface area contributed by atoms with Gasteiger partial charge in [-0.25, -0.2) is 19.9 Å². The van der Waals surface area contributed by atoms with Crippen molar-refractivity contribution in [2.45, 2.75) is 60.5 Å². The van der Waals surface area contributed by atoms with Crippen LogP contribution in [0, 0.1) is 20.8 Å². The highest BCUT2D eigenvalue weighted by Gasteiger charge is 2.23. The molecule has 0 unspecified atom stereocenters. The number of aromatic nitrogens is 6. The second-order valence-electron chi connectivity index (χ2n) is 11.8. The normalized spacial score (nSPS) is 11.5. The zero-order valence-electron chi connectivity index (χ0n) is 28.7. The van der Waals surface area contributed by atoms with E-state index < -0.39 is 23.6 Å². The molecule has 16 heteroatoms. The van der Waals surface area contributed by atoms with Crippen molar-refractivity contribution < 1.29 is 28.0 Å². The van der Waals surface area contributed by atoms with Crippen LogP contribution in [0.5, 0.6) is 0 Å². The first-order chi connectivity index (χ1) is 24.4. The number of hydrogen-bond acceptors (Lipinski definition) is 10. The van der Waals surface area contributed by atoms with E-state index in [1.54, 1.807) is 53.3 Å². The van der Waals surface area contributed by atoms with Gasteiger partial charge in [-0.15, -0.1) is 0 Å². The number of hydrogen-bond donors (Lipinski definition) is 4. The molecule has 0 spiro atoms. The molecule has 0 aliphatic heterocycles. The predicted octanol–water partition coefficient (Wildman–Crippen LogP) is 4.37. The van der Waals surface area contributed by atoms with Crippen LogP contribution in [0.2, 0.25) is 0 Å². The van der Waals surface area contributed by atoms with E-state index in [9.17, 15) is 19.2 Å². The molecule has 6 N–H and O–H groups in total. The van der Waals surface area contributed by atoms with Crippen molar-refractivity contribution in [1.29, 1.82) is 0 Å². The topological polar surface area (TPSA) is 232 Å². The first-order valence-electron chi connectivity index (χ1n) is 16.2. The Morgan fingerprint density at radius 1 is 0.706 bits per heavy atom. The molecule has 6 aromatic rings. The van der Waals surface area contributed by atoms with E-state index in [2.05, 4.69) is 30.6 Å². The fourth-order valence-electron chi connectivity index (χ4n) is 5.91. The summed E-state index contributed by atoms with van der Waals surface area (Å²) in [6.07, 6.45) is 4.70. The van der Waals surface area contributed by atoms with E-state index in [1.807, 2.05) is 32.9 Å². The molecule has 0 saturated carbocycles. The van der Waals surface area contributed by atoms with E-state index in [4.69, 9.17) is 20.3 Å². The largest absolute Gasteiger partial charge is 0.436 e. The summed E-state index contributed by atoms with van der Waals surface area (Å²) in [5.41, 5.74) is 15.6. The van der Waals surface area contributed by atoms with Crippen molar-refractivity contribution in [1.82, 2.24) is 29.1 Å². The molecule has 0 bridgehead atoms. The van der Waals surface area contributed by atoms with Crippen LogP contribution in [0.1, 0.15) is 84.4 Å². The van der Waals surface area contributed by atoms with Gasteiger partial charge < -0.3 is 29.4 Å². The number of imidazole rings is 2. The summed E-state index contributed by atoms with van der Waals surface area (Å²) in [6, 6.07) is 8.08. The Balaban J connectivity index is 1.34. The maximum absolute atomic E-state index is 13.4. The summed E-state index contributed by atoms with van der Waals surface area (Å²) in [6.45, 7) is 9.39. The molecule has 0 aliphatic carbocycles. The molecule has 0 atom stereocenters. The molecular weight excluding hydrogens is 656 g/mol. The summed E-state index contributed by atoms with van der Waals surface area (Å²) >= 11 is 0. The summed E-state index contributed by atoms with van der Waals surface area (Å²) in [5.74, 6) is -0.919. The lowest BCUT2D eigenvalue weighted by Crippen LogP contribution is -2.17. The van der Waals surface area contributed by atoms with Crippen LogP contribution < -0.4 is 22.1 Å². The number of nitrogens with two attached hydrogens (primary N) is 2. The molecule has 0 saturated heterocycles. The summed E-state index contributed by atoms with van der Waals surface area (Å²) in [4.78, 5) is 68.4. The molecule has 51 heavy (non-hydrogen) atoms. The van der Waals surface area contributed by atoms with Crippen molar-refractivity contribution >= 4 is 57.6 Å². The lowest BCUT2D eigenvalue weighted by Gasteiger charge is -2.10. The number of anilines is 2. The van der Waals surface area contributed by atoms with Gasteiger partial charge in [0.15, 0.2) is 11.8 Å². The third-order valence-electron chi connectivity index (χ3n) is 8.23. The average Bonchev–Trinajstić information content (AvgIpc) is 3.85. The molecule has 0 fully saturated rings. The Kier molecular flexibility index (Phi) is 9.24. The number of nitrogens with one attached hydrogen (secondary N) is 2. The molecule has 4 aromatic heterocycles. The third kappa shape index (κ3) is 6.70. The number of aryl methyl sites for hydroxylation is 5. The first kappa shape index (κ1) is 34.3. The van der Waals surface area contributed by atoms with Gasteiger partial charge in [0, 0.05) is 38.1 Å². The zero-order chi connectivity index (χ0) is 36.6. The third-order valence-corrected chi connectivity index (χ3v) is 8.23. The van der Waals surface area contributed by atoms with E-state index in [0.717, 1.165) is 5.56 Å². The van der Waals surface area contributed by atoms with Crippen molar-refractivity contribution in [3.8, 4) is 0 Å². The minimum absolute atomic E-state index is 0.0879. The molecule has 2 aromatic carbocycles. The maximum atomic E-state index is 13.4. The number of carbonyl (C=O) groups excluding carboxylic acids is 4. The highest BCUT2D eigenvalue weighted by molar-refractivity contribution is 6.04. The van der Waals surface area contributed by atoms with Crippen molar-refractivity contribution in [2.24, 2.45) is 11.5 Å². The number of primary amides is 2. The van der Waals surface area contributed by atoms with E-state index in [1.165, 1.54) is 0 Å². The summed E-state index contributed by atoms with van der Waals surface area (Å²) < 4.78 is 14.7. The number of fused-ring (bicyclic) bond motifs is 2.